The Balaban J connectivity index is 1.04. The minimum Gasteiger partial charge on any atom is -0.256 e. The first kappa shape index (κ1) is 31.3. The highest BCUT2D eigenvalue weighted by molar-refractivity contribution is 5.97. The van der Waals surface area contributed by atoms with Crippen molar-refractivity contribution in [2.24, 2.45) is 0 Å². The summed E-state index contributed by atoms with van der Waals surface area (Å²) in [4.78, 5) is 29.1. The fourth-order valence-electron chi connectivity index (χ4n) is 7.10. The molecule has 0 radical (unpaired) electrons. The van der Waals surface area contributed by atoms with Gasteiger partial charge in [-0.05, 0) is 63.4 Å². The van der Waals surface area contributed by atoms with Crippen LogP contribution >= 0.6 is 0 Å². The molecule has 0 atom stereocenters. The zero-order valence-electron chi connectivity index (χ0n) is 29.0. The van der Waals surface area contributed by atoms with Crippen LogP contribution in [0.25, 0.3) is 100 Å². The van der Waals surface area contributed by atoms with Crippen molar-refractivity contribution in [3.8, 4) is 67.7 Å². The second-order valence-electron chi connectivity index (χ2n) is 13.2. The van der Waals surface area contributed by atoms with Gasteiger partial charge in [0.15, 0.2) is 17.5 Å². The van der Waals surface area contributed by atoms with Crippen molar-refractivity contribution in [3.05, 3.63) is 182 Å². The Morgan fingerprint density at radius 3 is 1.65 bits per heavy atom. The molecule has 0 aliphatic heterocycles. The van der Waals surface area contributed by atoms with Gasteiger partial charge in [-0.15, -0.1) is 0 Å². The van der Waals surface area contributed by atoms with E-state index in [1.165, 1.54) is 10.8 Å². The molecule has 0 fully saturated rings. The molecule has 0 amide bonds. The molecule has 0 bridgehead atoms. The maximum atomic E-state index is 5.02. The molecular formula is C48H30N6. The summed E-state index contributed by atoms with van der Waals surface area (Å²) in [7, 11) is 0. The summed E-state index contributed by atoms with van der Waals surface area (Å²) in [5.74, 6) is 1.65. The SMILES string of the molecule is c1ccc2ncc(-c3ccc(-c4nc(-c5ccc(-c6ccnc7ccccc67)cc5)nc(-c5ccc(-c6cccc7ccccc67)cn5)n4)cc3)cc2c1. The van der Waals surface area contributed by atoms with Crippen molar-refractivity contribution in [3.63, 3.8) is 0 Å². The van der Waals surface area contributed by atoms with Gasteiger partial charge in [0.1, 0.15) is 5.69 Å². The van der Waals surface area contributed by atoms with Gasteiger partial charge in [0.2, 0.25) is 0 Å². The summed E-state index contributed by atoms with van der Waals surface area (Å²) >= 11 is 0. The van der Waals surface area contributed by atoms with E-state index in [0.717, 1.165) is 66.3 Å². The quantitative estimate of drug-likeness (QED) is 0.173. The number of rotatable bonds is 6. The second-order valence-corrected chi connectivity index (χ2v) is 13.2. The monoisotopic (exact) mass is 690 g/mol. The number of fused-ring (bicyclic) bond motifs is 3. The number of benzene rings is 6. The number of pyridine rings is 3. The summed E-state index contributed by atoms with van der Waals surface area (Å²) in [6, 6.07) is 56.1. The Hall–Kier alpha value is -7.44. The Bertz CT molecular complexity index is 2820. The van der Waals surface area contributed by atoms with E-state index in [1.807, 2.05) is 61.1 Å². The summed E-state index contributed by atoms with van der Waals surface area (Å²) in [6.45, 7) is 0. The van der Waals surface area contributed by atoms with E-state index >= 15 is 0 Å². The highest BCUT2D eigenvalue weighted by Gasteiger charge is 2.15. The van der Waals surface area contributed by atoms with Crippen molar-refractivity contribution in [1.29, 1.82) is 0 Å². The third-order valence-electron chi connectivity index (χ3n) is 9.90. The largest absolute Gasteiger partial charge is 0.256 e. The lowest BCUT2D eigenvalue weighted by molar-refractivity contribution is 1.06. The normalized spacial score (nSPS) is 11.3. The molecule has 0 aliphatic carbocycles. The van der Waals surface area contributed by atoms with Gasteiger partial charge in [0.05, 0.1) is 11.0 Å². The van der Waals surface area contributed by atoms with E-state index in [-0.39, 0.29) is 0 Å². The molecule has 54 heavy (non-hydrogen) atoms. The summed E-state index contributed by atoms with van der Waals surface area (Å²) in [5, 5.41) is 4.59. The van der Waals surface area contributed by atoms with Crippen LogP contribution in [0, 0.1) is 0 Å². The molecule has 0 N–H and O–H groups in total. The van der Waals surface area contributed by atoms with Crippen molar-refractivity contribution in [2.75, 3.05) is 0 Å². The molecule has 0 saturated heterocycles. The molecule has 252 valence electrons. The van der Waals surface area contributed by atoms with Crippen LogP contribution in [0.2, 0.25) is 0 Å². The lowest BCUT2D eigenvalue weighted by Gasteiger charge is -2.11. The number of hydrogen-bond acceptors (Lipinski definition) is 6. The molecule has 10 rings (SSSR count). The van der Waals surface area contributed by atoms with Crippen LogP contribution in [0.4, 0.5) is 0 Å². The molecule has 4 heterocycles. The Labute approximate surface area is 311 Å². The standard InChI is InChI=1S/C48H30N6/c1-3-11-39-32(8-1)10-7-13-40(39)37-24-25-45(51-29-37)48-53-46(34-20-16-31(17-21-34)38-28-36-9-2-5-14-43(36)50-30-38)52-47(54-48)35-22-18-33(19-23-35)41-26-27-49-44-15-6-4-12-42(41)44/h1-30H. The fraction of sp³-hybridized carbons (Fsp3) is 0. The molecule has 4 aromatic heterocycles. The van der Waals surface area contributed by atoms with Gasteiger partial charge in [-0.25, -0.2) is 15.0 Å². The first-order chi connectivity index (χ1) is 26.7. The van der Waals surface area contributed by atoms with Crippen LogP contribution in [0.3, 0.4) is 0 Å². The highest BCUT2D eigenvalue weighted by atomic mass is 15.0. The van der Waals surface area contributed by atoms with Crippen LogP contribution in [0.1, 0.15) is 0 Å². The van der Waals surface area contributed by atoms with Crippen molar-refractivity contribution in [2.45, 2.75) is 0 Å². The Kier molecular flexibility index (Phi) is 7.69. The van der Waals surface area contributed by atoms with Crippen LogP contribution in [0.5, 0.6) is 0 Å². The van der Waals surface area contributed by atoms with Crippen molar-refractivity contribution < 1.29 is 0 Å². The van der Waals surface area contributed by atoms with E-state index in [1.54, 1.807) is 0 Å². The average molecular weight is 691 g/mol. The lowest BCUT2D eigenvalue weighted by atomic mass is 9.99. The van der Waals surface area contributed by atoms with E-state index in [4.69, 9.17) is 19.9 Å². The lowest BCUT2D eigenvalue weighted by Crippen LogP contribution is -2.01. The van der Waals surface area contributed by atoms with Crippen LogP contribution < -0.4 is 0 Å². The zero-order valence-corrected chi connectivity index (χ0v) is 29.0. The molecule has 6 aromatic carbocycles. The third-order valence-corrected chi connectivity index (χ3v) is 9.90. The first-order valence-corrected chi connectivity index (χ1v) is 17.8. The molecule has 0 saturated carbocycles. The summed E-state index contributed by atoms with van der Waals surface area (Å²) < 4.78 is 0. The smallest absolute Gasteiger partial charge is 0.182 e. The van der Waals surface area contributed by atoms with Gasteiger partial charge < -0.3 is 0 Å². The maximum Gasteiger partial charge on any atom is 0.182 e. The number of para-hydroxylation sites is 2. The van der Waals surface area contributed by atoms with Crippen molar-refractivity contribution >= 4 is 32.6 Å². The fourth-order valence-corrected chi connectivity index (χ4v) is 7.10. The van der Waals surface area contributed by atoms with E-state index in [9.17, 15) is 0 Å². The predicted octanol–water partition coefficient (Wildman–Crippen LogP) is 11.5. The van der Waals surface area contributed by atoms with Crippen molar-refractivity contribution in [1.82, 2.24) is 29.9 Å². The average Bonchev–Trinajstić information content (AvgIpc) is 3.26. The molecule has 6 nitrogen and oxygen atoms in total. The van der Waals surface area contributed by atoms with E-state index in [0.29, 0.717) is 23.2 Å². The molecule has 10 aromatic rings. The summed E-state index contributed by atoms with van der Waals surface area (Å²) in [5.41, 5.74) is 10.9. The number of nitrogens with zero attached hydrogens (tertiary/aromatic N) is 6. The molecule has 0 spiro atoms. The van der Waals surface area contributed by atoms with Crippen LogP contribution in [-0.4, -0.2) is 29.9 Å². The second kappa shape index (κ2) is 13.3. The summed E-state index contributed by atoms with van der Waals surface area (Å²) in [6.07, 6.45) is 5.68. The van der Waals surface area contributed by atoms with Gasteiger partial charge in [-0.1, -0.05) is 133 Å². The Morgan fingerprint density at radius 1 is 0.315 bits per heavy atom. The van der Waals surface area contributed by atoms with Gasteiger partial charge in [0.25, 0.3) is 0 Å². The molecular weight excluding hydrogens is 661 g/mol. The predicted molar refractivity (Wildman–Crippen MR) is 218 cm³/mol. The van der Waals surface area contributed by atoms with Gasteiger partial charge in [-0.3, -0.25) is 15.0 Å². The zero-order chi connectivity index (χ0) is 35.8. The van der Waals surface area contributed by atoms with Crippen LogP contribution in [-0.2, 0) is 0 Å². The molecule has 6 heteroatoms. The third kappa shape index (κ3) is 5.82. The minimum atomic E-state index is 0.506. The highest BCUT2D eigenvalue weighted by Crippen LogP contribution is 2.33. The number of aromatic nitrogens is 6. The van der Waals surface area contributed by atoms with Crippen LogP contribution in [0.15, 0.2) is 182 Å². The molecule has 0 unspecified atom stereocenters. The number of hydrogen-bond donors (Lipinski definition) is 0. The topological polar surface area (TPSA) is 77.3 Å². The Morgan fingerprint density at radius 2 is 0.889 bits per heavy atom. The van der Waals surface area contributed by atoms with Gasteiger partial charge in [-0.2, -0.15) is 0 Å². The maximum absolute atomic E-state index is 5.02. The first-order valence-electron chi connectivity index (χ1n) is 17.8. The van der Waals surface area contributed by atoms with Gasteiger partial charge in [0, 0.05) is 51.6 Å². The van der Waals surface area contributed by atoms with E-state index < -0.39 is 0 Å². The molecule has 0 aliphatic rings. The van der Waals surface area contributed by atoms with E-state index in [2.05, 4.69) is 131 Å². The van der Waals surface area contributed by atoms with Gasteiger partial charge >= 0.3 is 0 Å². The minimum absolute atomic E-state index is 0.506.